The Morgan fingerprint density at radius 3 is 2.42 bits per heavy atom. The van der Waals surface area contributed by atoms with E-state index in [-0.39, 0.29) is 17.2 Å². The zero-order chi connectivity index (χ0) is 17.6. The maximum atomic E-state index is 12.3. The number of aromatic hydroxyl groups is 1. The first-order valence-electron chi connectivity index (χ1n) is 7.02. The van der Waals surface area contributed by atoms with Gasteiger partial charge in [0.05, 0.1) is 17.7 Å². The molecule has 0 atom stereocenters. The van der Waals surface area contributed by atoms with Gasteiger partial charge in [-0.2, -0.15) is 9.41 Å². The number of nitrogens with one attached hydrogen (secondary N) is 1. The van der Waals surface area contributed by atoms with Crippen LogP contribution in [-0.2, 0) is 14.8 Å². The third-order valence-corrected chi connectivity index (χ3v) is 4.93. The average molecular weight is 347 g/mol. The van der Waals surface area contributed by atoms with Crippen molar-refractivity contribution in [2.24, 2.45) is 5.10 Å². The monoisotopic (exact) mass is 347 g/mol. The lowest BCUT2D eigenvalue weighted by Crippen LogP contribution is -2.36. The van der Waals surface area contributed by atoms with Crippen molar-refractivity contribution in [2.45, 2.75) is 4.90 Å². The fraction of sp³-hybridized carbons (Fsp3) is 0.125. The summed E-state index contributed by atoms with van der Waals surface area (Å²) in [7, 11) is -2.40. The standard InChI is InChI=1S/C16H17N3O4S/c1-19(24(22,23)15-5-3-2-4-6-15)12-16(21)18-17-11-13-7-9-14(20)10-8-13/h2-11,20H,12H2,1H3,(H,18,21)/b17-11-. The number of carbonyl (C=O) groups excluding carboxylic acids is 1. The van der Waals surface area contributed by atoms with Crippen molar-refractivity contribution in [2.75, 3.05) is 13.6 Å². The predicted octanol–water partition coefficient (Wildman–Crippen LogP) is 1.16. The molecule has 2 N–H and O–H groups in total. The molecule has 0 heterocycles. The summed E-state index contributed by atoms with van der Waals surface area (Å²) in [6.07, 6.45) is 1.39. The van der Waals surface area contributed by atoms with E-state index >= 15 is 0 Å². The molecule has 0 saturated carbocycles. The Bertz CT molecular complexity index is 818. The molecule has 0 aliphatic heterocycles. The van der Waals surface area contributed by atoms with Gasteiger partial charge in [0.15, 0.2) is 0 Å². The molecule has 126 valence electrons. The van der Waals surface area contributed by atoms with Gasteiger partial charge in [0.1, 0.15) is 5.75 Å². The largest absolute Gasteiger partial charge is 0.508 e. The molecule has 0 aliphatic carbocycles. The number of carbonyl (C=O) groups is 1. The molecule has 2 aromatic carbocycles. The van der Waals surface area contributed by atoms with E-state index in [2.05, 4.69) is 10.5 Å². The van der Waals surface area contributed by atoms with Crippen LogP contribution in [0.1, 0.15) is 5.56 Å². The van der Waals surface area contributed by atoms with Crippen LogP contribution >= 0.6 is 0 Å². The summed E-state index contributed by atoms with van der Waals surface area (Å²) in [5.41, 5.74) is 2.94. The molecule has 2 rings (SSSR count). The first kappa shape index (κ1) is 17.6. The summed E-state index contributed by atoms with van der Waals surface area (Å²) < 4.78 is 25.5. The highest BCUT2D eigenvalue weighted by atomic mass is 32.2. The lowest BCUT2D eigenvalue weighted by Gasteiger charge is -2.15. The second-order valence-electron chi connectivity index (χ2n) is 4.96. The molecule has 0 aromatic heterocycles. The van der Waals surface area contributed by atoms with Gasteiger partial charge in [-0.15, -0.1) is 0 Å². The van der Waals surface area contributed by atoms with Crippen molar-refractivity contribution in [1.82, 2.24) is 9.73 Å². The molecule has 1 amide bonds. The number of likely N-dealkylation sites (N-methyl/N-ethyl adjacent to an activating group) is 1. The van der Waals surface area contributed by atoms with Gasteiger partial charge in [-0.05, 0) is 42.0 Å². The van der Waals surface area contributed by atoms with Gasteiger partial charge in [0.2, 0.25) is 10.0 Å². The zero-order valence-electron chi connectivity index (χ0n) is 13.0. The lowest BCUT2D eigenvalue weighted by molar-refractivity contribution is -0.121. The first-order chi connectivity index (χ1) is 11.4. The minimum absolute atomic E-state index is 0.118. The van der Waals surface area contributed by atoms with E-state index in [1.807, 2.05) is 0 Å². The molecule has 0 radical (unpaired) electrons. The van der Waals surface area contributed by atoms with Gasteiger partial charge in [-0.1, -0.05) is 18.2 Å². The Kier molecular flexibility index (Phi) is 5.67. The third-order valence-electron chi connectivity index (χ3n) is 3.11. The number of amides is 1. The van der Waals surface area contributed by atoms with Gasteiger partial charge >= 0.3 is 0 Å². The van der Waals surface area contributed by atoms with E-state index in [9.17, 15) is 13.2 Å². The van der Waals surface area contributed by atoms with Crippen LogP contribution in [0.15, 0.2) is 64.6 Å². The summed E-state index contributed by atoms with van der Waals surface area (Å²) in [6.45, 7) is -0.357. The van der Waals surface area contributed by atoms with Crippen molar-refractivity contribution in [3.05, 3.63) is 60.2 Å². The van der Waals surface area contributed by atoms with Gasteiger partial charge in [0.25, 0.3) is 5.91 Å². The van der Waals surface area contributed by atoms with Crippen LogP contribution in [0.3, 0.4) is 0 Å². The van der Waals surface area contributed by atoms with Gasteiger partial charge < -0.3 is 5.11 Å². The van der Waals surface area contributed by atoms with Gasteiger partial charge in [0, 0.05) is 7.05 Å². The van der Waals surface area contributed by atoms with E-state index in [0.717, 1.165) is 4.31 Å². The molecule has 8 heteroatoms. The number of hydrazone groups is 1. The smallest absolute Gasteiger partial charge is 0.255 e. The first-order valence-corrected chi connectivity index (χ1v) is 8.46. The number of nitrogens with zero attached hydrogens (tertiary/aromatic N) is 2. The maximum Gasteiger partial charge on any atom is 0.255 e. The number of hydrogen-bond donors (Lipinski definition) is 2. The fourth-order valence-electron chi connectivity index (χ4n) is 1.83. The predicted molar refractivity (Wildman–Crippen MR) is 90.1 cm³/mol. The van der Waals surface area contributed by atoms with Crippen LogP contribution < -0.4 is 5.43 Å². The van der Waals surface area contributed by atoms with Crippen molar-refractivity contribution in [3.8, 4) is 5.75 Å². The molecule has 0 saturated heterocycles. The zero-order valence-corrected chi connectivity index (χ0v) is 13.8. The van der Waals surface area contributed by atoms with Crippen LogP contribution in [0.4, 0.5) is 0 Å². The summed E-state index contributed by atoms with van der Waals surface area (Å²) in [5.74, 6) is -0.434. The second-order valence-corrected chi connectivity index (χ2v) is 7.00. The average Bonchev–Trinajstić information content (AvgIpc) is 2.57. The Balaban J connectivity index is 1.93. The topological polar surface area (TPSA) is 99.1 Å². The summed E-state index contributed by atoms with van der Waals surface area (Å²) >= 11 is 0. The number of phenols is 1. The summed E-state index contributed by atoms with van der Waals surface area (Å²) in [6, 6.07) is 14.1. The molecule has 2 aromatic rings. The number of sulfonamides is 1. The molecular weight excluding hydrogens is 330 g/mol. The number of benzene rings is 2. The Hall–Kier alpha value is -2.71. The fourth-order valence-corrected chi connectivity index (χ4v) is 2.98. The van der Waals surface area contributed by atoms with Crippen LogP contribution in [-0.4, -0.2) is 43.5 Å². The summed E-state index contributed by atoms with van der Waals surface area (Å²) in [5, 5.41) is 12.9. The number of rotatable bonds is 6. The minimum atomic E-state index is -3.72. The lowest BCUT2D eigenvalue weighted by atomic mass is 10.2. The van der Waals surface area contributed by atoms with E-state index in [1.165, 1.54) is 37.5 Å². The van der Waals surface area contributed by atoms with E-state index < -0.39 is 15.9 Å². The molecule has 7 nitrogen and oxygen atoms in total. The highest BCUT2D eigenvalue weighted by molar-refractivity contribution is 7.89. The van der Waals surface area contributed by atoms with E-state index in [1.54, 1.807) is 30.3 Å². The molecule has 0 fully saturated rings. The Labute approximate surface area is 140 Å². The van der Waals surface area contributed by atoms with E-state index in [4.69, 9.17) is 5.11 Å². The Morgan fingerprint density at radius 2 is 1.79 bits per heavy atom. The van der Waals surface area contributed by atoms with E-state index in [0.29, 0.717) is 5.56 Å². The molecule has 0 unspecified atom stereocenters. The van der Waals surface area contributed by atoms with Crippen LogP contribution in [0.2, 0.25) is 0 Å². The second kappa shape index (κ2) is 7.71. The third kappa shape index (κ3) is 4.64. The van der Waals surface area contributed by atoms with Crippen LogP contribution in [0.25, 0.3) is 0 Å². The van der Waals surface area contributed by atoms with Crippen molar-refractivity contribution < 1.29 is 18.3 Å². The van der Waals surface area contributed by atoms with Crippen molar-refractivity contribution >= 4 is 22.1 Å². The molecule has 0 bridgehead atoms. The van der Waals surface area contributed by atoms with Crippen molar-refractivity contribution in [3.63, 3.8) is 0 Å². The van der Waals surface area contributed by atoms with Crippen molar-refractivity contribution in [1.29, 1.82) is 0 Å². The molecule has 24 heavy (non-hydrogen) atoms. The quantitative estimate of drug-likeness (QED) is 0.605. The summed E-state index contributed by atoms with van der Waals surface area (Å²) in [4.78, 5) is 11.9. The highest BCUT2D eigenvalue weighted by Gasteiger charge is 2.22. The van der Waals surface area contributed by atoms with Crippen LogP contribution in [0, 0.1) is 0 Å². The maximum absolute atomic E-state index is 12.3. The minimum Gasteiger partial charge on any atom is -0.508 e. The SMILES string of the molecule is CN(CC(=O)N/N=C\c1ccc(O)cc1)S(=O)(=O)c1ccccc1. The molecule has 0 aliphatic rings. The van der Waals surface area contributed by atoms with Gasteiger partial charge in [-0.3, -0.25) is 4.79 Å². The molecular formula is C16H17N3O4S. The number of phenolic OH excluding ortho intramolecular Hbond substituents is 1. The molecule has 0 spiro atoms. The van der Waals surface area contributed by atoms with Crippen LogP contribution in [0.5, 0.6) is 5.75 Å². The highest BCUT2D eigenvalue weighted by Crippen LogP contribution is 2.12. The Morgan fingerprint density at radius 1 is 1.17 bits per heavy atom. The number of hydrogen-bond acceptors (Lipinski definition) is 5. The normalized spacial score (nSPS) is 11.8. The van der Waals surface area contributed by atoms with Gasteiger partial charge in [-0.25, -0.2) is 13.8 Å².